The Hall–Kier alpha value is -2.79. The van der Waals surface area contributed by atoms with Crippen LogP contribution in [0.2, 0.25) is 0 Å². The standard InChI is InChI=1S/C25H29N3OS/c1-18-6-8-22(9-7-18)17-28-20(3)24(19(2)26-28)14-15-25(29)27(4)16-21-10-12-23(30-5)13-11-21/h6-15H,16-17H2,1-5H3/b15-14+. The quantitative estimate of drug-likeness (QED) is 0.388. The number of aromatic nitrogens is 2. The molecule has 0 atom stereocenters. The number of amides is 1. The highest BCUT2D eigenvalue weighted by Crippen LogP contribution is 2.18. The molecule has 0 saturated heterocycles. The summed E-state index contributed by atoms with van der Waals surface area (Å²) in [5.41, 5.74) is 6.58. The van der Waals surface area contributed by atoms with Crippen molar-refractivity contribution in [3.05, 3.63) is 88.2 Å². The van der Waals surface area contributed by atoms with Crippen LogP contribution >= 0.6 is 11.8 Å². The first-order valence-corrected chi connectivity index (χ1v) is 11.3. The molecule has 0 aliphatic heterocycles. The fourth-order valence-electron chi connectivity index (χ4n) is 3.34. The summed E-state index contributed by atoms with van der Waals surface area (Å²) in [4.78, 5) is 15.6. The van der Waals surface area contributed by atoms with Gasteiger partial charge in [-0.1, -0.05) is 42.0 Å². The molecule has 1 aromatic heterocycles. The molecular formula is C25H29N3OS. The molecule has 5 heteroatoms. The molecule has 3 aromatic rings. The third-order valence-corrected chi connectivity index (χ3v) is 5.98. The second kappa shape index (κ2) is 9.81. The molecule has 2 aromatic carbocycles. The first kappa shape index (κ1) is 21.9. The lowest BCUT2D eigenvalue weighted by atomic mass is 10.1. The molecule has 0 fully saturated rings. The van der Waals surface area contributed by atoms with E-state index in [2.05, 4.69) is 73.7 Å². The van der Waals surface area contributed by atoms with Crippen LogP contribution in [0.1, 0.15) is 33.6 Å². The maximum atomic E-state index is 12.6. The number of thioether (sulfide) groups is 1. The Bertz CT molecular complexity index is 1030. The molecule has 0 saturated carbocycles. The van der Waals surface area contributed by atoms with Gasteiger partial charge in [-0.3, -0.25) is 9.48 Å². The molecule has 0 N–H and O–H groups in total. The zero-order valence-corrected chi connectivity index (χ0v) is 19.2. The van der Waals surface area contributed by atoms with Crippen molar-refractivity contribution in [3.8, 4) is 0 Å². The third kappa shape index (κ3) is 5.42. The van der Waals surface area contributed by atoms with Gasteiger partial charge in [0.25, 0.3) is 0 Å². The van der Waals surface area contributed by atoms with Gasteiger partial charge in [0.05, 0.1) is 12.2 Å². The van der Waals surface area contributed by atoms with Gasteiger partial charge in [0.15, 0.2) is 0 Å². The van der Waals surface area contributed by atoms with Crippen LogP contribution in [-0.2, 0) is 17.9 Å². The van der Waals surface area contributed by atoms with Crippen molar-refractivity contribution in [2.75, 3.05) is 13.3 Å². The Kier molecular flexibility index (Phi) is 7.16. The molecular weight excluding hydrogens is 390 g/mol. The van der Waals surface area contributed by atoms with Crippen LogP contribution in [0.15, 0.2) is 59.5 Å². The number of hydrogen-bond donors (Lipinski definition) is 0. The lowest BCUT2D eigenvalue weighted by Gasteiger charge is -2.15. The van der Waals surface area contributed by atoms with E-state index in [0.717, 1.165) is 29.1 Å². The largest absolute Gasteiger partial charge is 0.338 e. The minimum Gasteiger partial charge on any atom is -0.338 e. The summed E-state index contributed by atoms with van der Waals surface area (Å²) in [5.74, 6) is -0.0194. The van der Waals surface area contributed by atoms with Crippen molar-refractivity contribution in [1.82, 2.24) is 14.7 Å². The molecule has 30 heavy (non-hydrogen) atoms. The molecule has 0 unspecified atom stereocenters. The summed E-state index contributed by atoms with van der Waals surface area (Å²) >= 11 is 1.71. The number of carbonyl (C=O) groups excluding carboxylic acids is 1. The van der Waals surface area contributed by atoms with Crippen LogP contribution in [0, 0.1) is 20.8 Å². The van der Waals surface area contributed by atoms with Crippen LogP contribution in [0.3, 0.4) is 0 Å². The van der Waals surface area contributed by atoms with Gasteiger partial charge in [0.1, 0.15) is 0 Å². The van der Waals surface area contributed by atoms with E-state index in [1.54, 1.807) is 22.7 Å². The van der Waals surface area contributed by atoms with Gasteiger partial charge in [-0.2, -0.15) is 5.10 Å². The van der Waals surface area contributed by atoms with Gasteiger partial charge in [-0.05, 0) is 56.4 Å². The molecule has 0 aliphatic rings. The van der Waals surface area contributed by atoms with Crippen molar-refractivity contribution in [3.63, 3.8) is 0 Å². The fraction of sp³-hybridized carbons (Fsp3) is 0.280. The van der Waals surface area contributed by atoms with Crippen LogP contribution in [0.5, 0.6) is 0 Å². The zero-order valence-electron chi connectivity index (χ0n) is 18.3. The van der Waals surface area contributed by atoms with Gasteiger partial charge >= 0.3 is 0 Å². The topological polar surface area (TPSA) is 38.1 Å². The Labute approximate surface area is 183 Å². The summed E-state index contributed by atoms with van der Waals surface area (Å²) in [7, 11) is 1.83. The molecule has 3 rings (SSSR count). The van der Waals surface area contributed by atoms with Gasteiger partial charge in [-0.15, -0.1) is 11.8 Å². The molecule has 1 amide bonds. The third-order valence-electron chi connectivity index (χ3n) is 5.24. The van der Waals surface area contributed by atoms with E-state index in [1.165, 1.54) is 16.0 Å². The van der Waals surface area contributed by atoms with Crippen molar-refractivity contribution >= 4 is 23.7 Å². The summed E-state index contributed by atoms with van der Waals surface area (Å²) < 4.78 is 2.00. The smallest absolute Gasteiger partial charge is 0.246 e. The number of aryl methyl sites for hydroxylation is 2. The lowest BCUT2D eigenvalue weighted by Crippen LogP contribution is -2.24. The maximum absolute atomic E-state index is 12.6. The second-order valence-corrected chi connectivity index (χ2v) is 8.48. The van der Waals surface area contributed by atoms with E-state index >= 15 is 0 Å². The molecule has 4 nitrogen and oxygen atoms in total. The minimum absolute atomic E-state index is 0.0194. The average molecular weight is 420 g/mol. The van der Waals surface area contributed by atoms with E-state index in [0.29, 0.717) is 6.54 Å². The summed E-state index contributed by atoms with van der Waals surface area (Å²) in [5, 5.41) is 4.67. The van der Waals surface area contributed by atoms with Gasteiger partial charge in [-0.25, -0.2) is 0 Å². The van der Waals surface area contributed by atoms with Crippen LogP contribution in [0.25, 0.3) is 6.08 Å². The minimum atomic E-state index is -0.0194. The summed E-state index contributed by atoms with van der Waals surface area (Å²) in [6.45, 7) is 7.43. The maximum Gasteiger partial charge on any atom is 0.246 e. The number of nitrogens with zero attached hydrogens (tertiary/aromatic N) is 3. The van der Waals surface area contributed by atoms with E-state index in [9.17, 15) is 4.79 Å². The van der Waals surface area contributed by atoms with E-state index in [1.807, 2.05) is 24.7 Å². The number of rotatable bonds is 7. The molecule has 156 valence electrons. The zero-order chi connectivity index (χ0) is 21.7. The Morgan fingerprint density at radius 3 is 2.30 bits per heavy atom. The van der Waals surface area contributed by atoms with Crippen LogP contribution in [0.4, 0.5) is 0 Å². The fourth-order valence-corrected chi connectivity index (χ4v) is 3.75. The number of benzene rings is 2. The summed E-state index contributed by atoms with van der Waals surface area (Å²) in [6, 6.07) is 16.8. The summed E-state index contributed by atoms with van der Waals surface area (Å²) in [6.07, 6.45) is 5.59. The predicted octanol–water partition coefficient (Wildman–Crippen LogP) is 5.25. The highest BCUT2D eigenvalue weighted by atomic mass is 32.2. The number of hydrogen-bond acceptors (Lipinski definition) is 3. The average Bonchev–Trinajstić information content (AvgIpc) is 3.01. The van der Waals surface area contributed by atoms with Crippen molar-refractivity contribution in [1.29, 1.82) is 0 Å². The lowest BCUT2D eigenvalue weighted by molar-refractivity contribution is -0.125. The van der Waals surface area contributed by atoms with Gasteiger partial charge in [0, 0.05) is 35.8 Å². The molecule has 1 heterocycles. The second-order valence-electron chi connectivity index (χ2n) is 7.60. The van der Waals surface area contributed by atoms with E-state index in [-0.39, 0.29) is 5.91 Å². The predicted molar refractivity (Wildman–Crippen MR) is 126 cm³/mol. The SMILES string of the molecule is CSc1ccc(CN(C)C(=O)/C=C/c2c(C)nn(Cc3ccc(C)cc3)c2C)cc1. The van der Waals surface area contributed by atoms with Gasteiger partial charge in [0.2, 0.25) is 5.91 Å². The highest BCUT2D eigenvalue weighted by Gasteiger charge is 2.11. The first-order valence-electron chi connectivity index (χ1n) is 10.0. The number of carbonyl (C=O) groups is 1. The Balaban J connectivity index is 1.67. The first-order chi connectivity index (χ1) is 14.4. The van der Waals surface area contributed by atoms with Crippen molar-refractivity contribution in [2.45, 2.75) is 38.8 Å². The molecule has 0 spiro atoms. The van der Waals surface area contributed by atoms with E-state index in [4.69, 9.17) is 0 Å². The molecule has 0 bridgehead atoms. The molecule has 0 radical (unpaired) electrons. The Morgan fingerprint density at radius 1 is 1.03 bits per heavy atom. The normalized spacial score (nSPS) is 11.2. The molecule has 0 aliphatic carbocycles. The van der Waals surface area contributed by atoms with E-state index < -0.39 is 0 Å². The van der Waals surface area contributed by atoms with Gasteiger partial charge < -0.3 is 4.90 Å². The highest BCUT2D eigenvalue weighted by molar-refractivity contribution is 7.98. The van der Waals surface area contributed by atoms with Crippen molar-refractivity contribution < 1.29 is 4.79 Å². The Morgan fingerprint density at radius 2 is 1.67 bits per heavy atom. The van der Waals surface area contributed by atoms with Crippen molar-refractivity contribution in [2.24, 2.45) is 0 Å². The number of likely N-dealkylation sites (N-methyl/N-ethyl adjacent to an activating group) is 1. The van der Waals surface area contributed by atoms with Crippen LogP contribution < -0.4 is 0 Å². The monoisotopic (exact) mass is 419 g/mol. The van der Waals surface area contributed by atoms with Crippen LogP contribution in [-0.4, -0.2) is 33.9 Å².